The first-order chi connectivity index (χ1) is 9.37. The second kappa shape index (κ2) is 5.36. The molecule has 106 valence electrons. The van der Waals surface area contributed by atoms with E-state index >= 15 is 0 Å². The number of aromatic nitrogens is 2. The fraction of sp³-hybridized carbons (Fsp3) is 0.333. The summed E-state index contributed by atoms with van der Waals surface area (Å²) in [6.07, 6.45) is 1.26. The van der Waals surface area contributed by atoms with E-state index in [0.29, 0.717) is 5.95 Å². The van der Waals surface area contributed by atoms with Crippen molar-refractivity contribution in [2.45, 2.75) is 26.4 Å². The van der Waals surface area contributed by atoms with E-state index in [1.807, 2.05) is 51.1 Å². The summed E-state index contributed by atoms with van der Waals surface area (Å²) in [6, 6.07) is 9.81. The quantitative estimate of drug-likeness (QED) is 0.911. The Balaban J connectivity index is 2.15. The maximum Gasteiger partial charge on any atom is 0.416 e. The van der Waals surface area contributed by atoms with Crippen LogP contribution < -0.4 is 4.90 Å². The Kier molecular flexibility index (Phi) is 3.79. The molecule has 20 heavy (non-hydrogen) atoms. The molecule has 0 aliphatic rings. The molecule has 0 radical (unpaired) electrons. The van der Waals surface area contributed by atoms with E-state index in [4.69, 9.17) is 4.74 Å². The average molecular weight is 273 g/mol. The molecule has 5 heteroatoms. The maximum absolute atomic E-state index is 11.9. The number of rotatable bonds is 2. The van der Waals surface area contributed by atoms with Crippen molar-refractivity contribution in [3.05, 3.63) is 36.5 Å². The molecule has 5 nitrogen and oxygen atoms in total. The molecule has 0 fully saturated rings. The maximum atomic E-state index is 11.9. The molecule has 1 amide bonds. The smallest absolute Gasteiger partial charge is 0.416 e. The highest BCUT2D eigenvalue weighted by Gasteiger charge is 2.22. The number of hydrogen-bond donors (Lipinski definition) is 1. The molecule has 0 saturated heterocycles. The van der Waals surface area contributed by atoms with Crippen LogP contribution in [0.15, 0.2) is 36.5 Å². The van der Waals surface area contributed by atoms with Crippen LogP contribution in [-0.2, 0) is 4.74 Å². The molecule has 1 N–H and O–H groups in total. The van der Waals surface area contributed by atoms with Gasteiger partial charge in [-0.2, -0.15) is 0 Å². The molecular formula is C15H19N3O2. The fourth-order valence-corrected chi connectivity index (χ4v) is 1.66. The van der Waals surface area contributed by atoms with Gasteiger partial charge >= 0.3 is 6.09 Å². The number of carbonyl (C=O) groups excluding carboxylic acids is 1. The zero-order valence-corrected chi connectivity index (χ0v) is 12.2. The molecule has 1 heterocycles. The topological polar surface area (TPSA) is 58.2 Å². The monoisotopic (exact) mass is 273 g/mol. The van der Waals surface area contributed by atoms with Crippen molar-refractivity contribution in [1.82, 2.24) is 9.97 Å². The number of hydrogen-bond acceptors (Lipinski definition) is 3. The Morgan fingerprint density at radius 2 is 1.90 bits per heavy atom. The Hall–Kier alpha value is -2.30. The minimum atomic E-state index is -0.528. The lowest BCUT2D eigenvalue weighted by Crippen LogP contribution is -2.34. The molecule has 2 rings (SSSR count). The number of nitrogens with one attached hydrogen (secondary N) is 1. The summed E-state index contributed by atoms with van der Waals surface area (Å²) in [5, 5.41) is 0. The second-order valence-electron chi connectivity index (χ2n) is 5.53. The lowest BCUT2D eigenvalue weighted by atomic mass is 10.2. The van der Waals surface area contributed by atoms with Gasteiger partial charge in [0.25, 0.3) is 0 Å². The summed E-state index contributed by atoms with van der Waals surface area (Å²) >= 11 is 0. The number of anilines is 1. The normalized spacial score (nSPS) is 11.2. The van der Waals surface area contributed by atoms with Crippen molar-refractivity contribution < 1.29 is 9.53 Å². The van der Waals surface area contributed by atoms with Crippen LogP contribution >= 0.6 is 0 Å². The summed E-state index contributed by atoms with van der Waals surface area (Å²) in [6.45, 7) is 5.49. The minimum absolute atomic E-state index is 0.438. The van der Waals surface area contributed by atoms with Crippen LogP contribution in [0, 0.1) is 0 Å². The molecule has 0 bridgehead atoms. The van der Waals surface area contributed by atoms with Gasteiger partial charge in [-0.1, -0.05) is 30.3 Å². The number of carbonyl (C=O) groups is 1. The average Bonchev–Trinajstić information content (AvgIpc) is 2.86. The highest BCUT2D eigenvalue weighted by molar-refractivity contribution is 5.85. The summed E-state index contributed by atoms with van der Waals surface area (Å²) < 4.78 is 5.30. The molecule has 1 aromatic heterocycles. The zero-order valence-electron chi connectivity index (χ0n) is 12.2. The van der Waals surface area contributed by atoms with Crippen LogP contribution in [0.25, 0.3) is 11.3 Å². The number of ether oxygens (including phenoxy) is 1. The molecule has 0 atom stereocenters. The van der Waals surface area contributed by atoms with Gasteiger partial charge in [0.05, 0.1) is 11.9 Å². The Bertz CT molecular complexity index is 585. The molecular weight excluding hydrogens is 254 g/mol. The van der Waals surface area contributed by atoms with Gasteiger partial charge in [0, 0.05) is 7.05 Å². The van der Waals surface area contributed by atoms with Crippen molar-refractivity contribution in [3.63, 3.8) is 0 Å². The lowest BCUT2D eigenvalue weighted by Gasteiger charge is -2.23. The van der Waals surface area contributed by atoms with Gasteiger partial charge in [0.2, 0.25) is 5.95 Å². The first kappa shape index (κ1) is 14.1. The van der Waals surface area contributed by atoms with E-state index in [-0.39, 0.29) is 0 Å². The molecule has 0 unspecified atom stereocenters. The summed E-state index contributed by atoms with van der Waals surface area (Å²) in [5.41, 5.74) is 1.35. The number of imidazole rings is 1. The Labute approximate surface area is 118 Å². The lowest BCUT2D eigenvalue weighted by molar-refractivity contribution is 0.0587. The number of aromatic amines is 1. The van der Waals surface area contributed by atoms with Crippen molar-refractivity contribution in [2.24, 2.45) is 0 Å². The van der Waals surface area contributed by atoms with Crippen LogP contribution in [0.2, 0.25) is 0 Å². The third-order valence-electron chi connectivity index (χ3n) is 2.63. The third-order valence-corrected chi connectivity index (χ3v) is 2.63. The van der Waals surface area contributed by atoms with E-state index in [1.54, 1.807) is 13.2 Å². The van der Waals surface area contributed by atoms with Gasteiger partial charge in [-0.05, 0) is 26.3 Å². The van der Waals surface area contributed by atoms with Gasteiger partial charge in [-0.15, -0.1) is 0 Å². The van der Waals surface area contributed by atoms with E-state index in [2.05, 4.69) is 9.97 Å². The van der Waals surface area contributed by atoms with Crippen molar-refractivity contribution in [3.8, 4) is 11.3 Å². The number of H-pyrrole nitrogens is 1. The first-order valence-electron chi connectivity index (χ1n) is 6.44. The van der Waals surface area contributed by atoms with E-state index in [0.717, 1.165) is 11.3 Å². The van der Waals surface area contributed by atoms with Gasteiger partial charge in [-0.25, -0.2) is 9.78 Å². The summed E-state index contributed by atoms with van der Waals surface area (Å²) in [7, 11) is 1.63. The predicted molar refractivity (Wildman–Crippen MR) is 78.7 cm³/mol. The molecule has 2 aromatic rings. The fourth-order valence-electron chi connectivity index (χ4n) is 1.66. The standard InChI is InChI=1S/C15H19N3O2/c1-15(2,3)20-14(19)18(4)13-16-10-12(17-13)11-8-6-5-7-9-11/h5-10H,1-4H3,(H,16,17). The van der Waals surface area contributed by atoms with E-state index in [9.17, 15) is 4.79 Å². The van der Waals surface area contributed by atoms with Gasteiger partial charge in [-0.3, -0.25) is 4.90 Å². The third kappa shape index (κ3) is 3.38. The summed E-state index contributed by atoms with van der Waals surface area (Å²) in [5.74, 6) is 0.457. The number of amides is 1. The second-order valence-corrected chi connectivity index (χ2v) is 5.53. The van der Waals surface area contributed by atoms with Crippen LogP contribution in [-0.4, -0.2) is 28.7 Å². The molecule has 0 aliphatic carbocycles. The molecule has 1 aromatic carbocycles. The van der Waals surface area contributed by atoms with Crippen LogP contribution in [0.4, 0.5) is 10.7 Å². The van der Waals surface area contributed by atoms with Crippen LogP contribution in [0.5, 0.6) is 0 Å². The molecule has 0 saturated carbocycles. The Morgan fingerprint density at radius 3 is 2.50 bits per heavy atom. The summed E-state index contributed by atoms with van der Waals surface area (Å²) in [4.78, 5) is 20.6. The predicted octanol–water partition coefficient (Wildman–Crippen LogP) is 3.45. The van der Waals surface area contributed by atoms with Crippen LogP contribution in [0.1, 0.15) is 20.8 Å². The number of nitrogens with zero attached hydrogens (tertiary/aromatic N) is 2. The van der Waals surface area contributed by atoms with Gasteiger partial charge < -0.3 is 9.72 Å². The van der Waals surface area contributed by atoms with Crippen molar-refractivity contribution >= 4 is 12.0 Å². The SMILES string of the molecule is CN(C(=O)OC(C)(C)C)c1ncc(-c2ccccc2)[nH]1. The largest absolute Gasteiger partial charge is 0.443 e. The highest BCUT2D eigenvalue weighted by Crippen LogP contribution is 2.20. The number of benzene rings is 1. The molecule has 0 spiro atoms. The highest BCUT2D eigenvalue weighted by atomic mass is 16.6. The van der Waals surface area contributed by atoms with Crippen molar-refractivity contribution in [1.29, 1.82) is 0 Å². The van der Waals surface area contributed by atoms with Gasteiger partial charge in [0.15, 0.2) is 0 Å². The zero-order chi connectivity index (χ0) is 14.8. The van der Waals surface area contributed by atoms with Gasteiger partial charge in [0.1, 0.15) is 5.60 Å². The van der Waals surface area contributed by atoms with Crippen molar-refractivity contribution in [2.75, 3.05) is 11.9 Å². The first-order valence-corrected chi connectivity index (χ1v) is 6.44. The van der Waals surface area contributed by atoms with Crippen LogP contribution in [0.3, 0.4) is 0 Å². The van der Waals surface area contributed by atoms with E-state index < -0.39 is 11.7 Å². The molecule has 0 aliphatic heterocycles. The Morgan fingerprint density at radius 1 is 1.25 bits per heavy atom. The minimum Gasteiger partial charge on any atom is -0.443 e. The van der Waals surface area contributed by atoms with E-state index in [1.165, 1.54) is 4.90 Å².